The number of hydrogen-bond donors (Lipinski definition) is 1. The average molecular weight is 302 g/mol. The fourth-order valence-corrected chi connectivity index (χ4v) is 3.05. The molecule has 1 aliphatic rings. The lowest BCUT2D eigenvalue weighted by Gasteiger charge is -2.27. The van der Waals surface area contributed by atoms with E-state index in [2.05, 4.69) is 14.9 Å². The van der Waals surface area contributed by atoms with Crippen molar-refractivity contribution >= 4 is 17.7 Å². The van der Waals surface area contributed by atoms with Gasteiger partial charge in [-0.15, -0.1) is 0 Å². The standard InChI is InChI=1S/C15H18N4OS/c16-15(19-6-8-21-9-7-19)17-10-13-11-20-14(18-13)12-4-2-1-3-5-12/h1-5,11H,6-10H2,(H2,16,17). The van der Waals surface area contributed by atoms with Crippen molar-refractivity contribution in [2.75, 3.05) is 24.6 Å². The Morgan fingerprint density at radius 1 is 1.29 bits per heavy atom. The van der Waals surface area contributed by atoms with E-state index in [9.17, 15) is 0 Å². The zero-order chi connectivity index (χ0) is 14.5. The first-order valence-electron chi connectivity index (χ1n) is 6.95. The first-order chi connectivity index (χ1) is 10.3. The number of guanidine groups is 1. The van der Waals surface area contributed by atoms with E-state index in [4.69, 9.17) is 10.2 Å². The van der Waals surface area contributed by atoms with Crippen LogP contribution in [-0.4, -0.2) is 40.4 Å². The Bertz CT molecular complexity index is 605. The molecule has 2 N–H and O–H groups in total. The zero-order valence-corrected chi connectivity index (χ0v) is 12.6. The van der Waals surface area contributed by atoms with Crippen LogP contribution >= 0.6 is 11.8 Å². The molecule has 21 heavy (non-hydrogen) atoms. The Labute approximate surface area is 128 Å². The molecule has 6 heteroatoms. The van der Waals surface area contributed by atoms with Gasteiger partial charge in [-0.2, -0.15) is 11.8 Å². The number of benzene rings is 1. The second-order valence-electron chi connectivity index (χ2n) is 4.78. The third kappa shape index (κ3) is 3.58. The number of thioether (sulfide) groups is 1. The van der Waals surface area contributed by atoms with Gasteiger partial charge in [-0.05, 0) is 12.1 Å². The Hall–Kier alpha value is -1.95. The van der Waals surface area contributed by atoms with Crippen molar-refractivity contribution < 1.29 is 4.42 Å². The van der Waals surface area contributed by atoms with E-state index in [0.29, 0.717) is 18.4 Å². The van der Waals surface area contributed by atoms with Crippen LogP contribution in [0, 0.1) is 0 Å². The van der Waals surface area contributed by atoms with Crippen molar-refractivity contribution in [2.45, 2.75) is 6.54 Å². The molecule has 0 aliphatic carbocycles. The fraction of sp³-hybridized carbons (Fsp3) is 0.333. The van der Waals surface area contributed by atoms with Crippen molar-refractivity contribution in [3.63, 3.8) is 0 Å². The maximum Gasteiger partial charge on any atom is 0.226 e. The Kier molecular flexibility index (Phi) is 4.45. The van der Waals surface area contributed by atoms with Gasteiger partial charge in [0.05, 0.1) is 6.54 Å². The molecule has 1 fully saturated rings. The molecular weight excluding hydrogens is 284 g/mol. The van der Waals surface area contributed by atoms with Crippen LogP contribution in [-0.2, 0) is 6.54 Å². The molecule has 0 radical (unpaired) electrons. The predicted octanol–water partition coefficient (Wildman–Crippen LogP) is 2.21. The minimum absolute atomic E-state index is 0.450. The molecule has 0 amide bonds. The third-order valence-electron chi connectivity index (χ3n) is 3.31. The summed E-state index contributed by atoms with van der Waals surface area (Å²) < 4.78 is 5.49. The van der Waals surface area contributed by atoms with Gasteiger partial charge in [0.1, 0.15) is 12.0 Å². The molecule has 0 saturated carbocycles. The van der Waals surface area contributed by atoms with Gasteiger partial charge in [-0.25, -0.2) is 9.98 Å². The highest BCUT2D eigenvalue weighted by Crippen LogP contribution is 2.18. The molecule has 1 saturated heterocycles. The van der Waals surface area contributed by atoms with Crippen LogP contribution in [0.3, 0.4) is 0 Å². The number of nitrogens with zero attached hydrogens (tertiary/aromatic N) is 3. The average Bonchev–Trinajstić information content (AvgIpc) is 3.03. The first-order valence-corrected chi connectivity index (χ1v) is 8.11. The van der Waals surface area contributed by atoms with Crippen LogP contribution in [0.5, 0.6) is 0 Å². The first kappa shape index (κ1) is 14.0. The van der Waals surface area contributed by atoms with Gasteiger partial charge < -0.3 is 15.1 Å². The molecule has 0 atom stereocenters. The van der Waals surface area contributed by atoms with Crippen LogP contribution < -0.4 is 5.73 Å². The largest absolute Gasteiger partial charge is 0.444 e. The predicted molar refractivity (Wildman–Crippen MR) is 86.2 cm³/mol. The number of aliphatic imine (C=N–C) groups is 1. The monoisotopic (exact) mass is 302 g/mol. The lowest BCUT2D eigenvalue weighted by Crippen LogP contribution is -2.42. The van der Waals surface area contributed by atoms with Gasteiger partial charge in [-0.1, -0.05) is 18.2 Å². The number of hydrogen-bond acceptors (Lipinski definition) is 4. The van der Waals surface area contributed by atoms with E-state index in [0.717, 1.165) is 35.9 Å². The molecule has 5 nitrogen and oxygen atoms in total. The van der Waals surface area contributed by atoms with Crippen molar-refractivity contribution in [2.24, 2.45) is 10.7 Å². The fourth-order valence-electron chi connectivity index (χ4n) is 2.15. The topological polar surface area (TPSA) is 67.6 Å². The van der Waals surface area contributed by atoms with Crippen molar-refractivity contribution in [1.82, 2.24) is 9.88 Å². The second kappa shape index (κ2) is 6.67. The molecular formula is C15H18N4OS. The lowest BCUT2D eigenvalue weighted by atomic mass is 10.2. The van der Waals surface area contributed by atoms with E-state index in [1.807, 2.05) is 42.1 Å². The van der Waals surface area contributed by atoms with Crippen LogP contribution in [0.15, 0.2) is 46.0 Å². The highest BCUT2D eigenvalue weighted by atomic mass is 32.2. The quantitative estimate of drug-likeness (QED) is 0.695. The lowest BCUT2D eigenvalue weighted by molar-refractivity contribution is 0.455. The van der Waals surface area contributed by atoms with Crippen LogP contribution in [0.4, 0.5) is 0 Å². The minimum Gasteiger partial charge on any atom is -0.444 e. The van der Waals surface area contributed by atoms with Crippen molar-refractivity contribution in [3.8, 4) is 11.5 Å². The summed E-state index contributed by atoms with van der Waals surface area (Å²) in [4.78, 5) is 11.0. The SMILES string of the molecule is NC(=NCc1coc(-c2ccccc2)n1)N1CCSCC1. The molecule has 2 heterocycles. The number of oxazole rings is 1. The van der Waals surface area contributed by atoms with Gasteiger partial charge >= 0.3 is 0 Å². The van der Waals surface area contributed by atoms with Crippen LogP contribution in [0.25, 0.3) is 11.5 Å². The summed E-state index contributed by atoms with van der Waals surface area (Å²) in [6, 6.07) is 9.83. The van der Waals surface area contributed by atoms with Gasteiger partial charge in [-0.3, -0.25) is 0 Å². The maximum absolute atomic E-state index is 6.02. The van der Waals surface area contributed by atoms with Gasteiger partial charge in [0, 0.05) is 30.2 Å². The molecule has 3 rings (SSSR count). The Morgan fingerprint density at radius 3 is 2.81 bits per heavy atom. The molecule has 0 bridgehead atoms. The maximum atomic E-state index is 6.02. The normalized spacial score (nSPS) is 16.2. The van der Waals surface area contributed by atoms with Crippen LogP contribution in [0.1, 0.15) is 5.69 Å². The molecule has 1 aliphatic heterocycles. The van der Waals surface area contributed by atoms with E-state index in [1.54, 1.807) is 6.26 Å². The summed E-state index contributed by atoms with van der Waals surface area (Å²) in [5.41, 5.74) is 7.78. The van der Waals surface area contributed by atoms with Crippen molar-refractivity contribution in [1.29, 1.82) is 0 Å². The third-order valence-corrected chi connectivity index (χ3v) is 4.25. The van der Waals surface area contributed by atoms with E-state index in [-0.39, 0.29) is 0 Å². The number of nitrogens with two attached hydrogens (primary N) is 1. The molecule has 2 aromatic rings. The summed E-state index contributed by atoms with van der Waals surface area (Å²) in [6.45, 7) is 2.38. The Balaban J connectivity index is 1.64. The minimum atomic E-state index is 0.450. The van der Waals surface area contributed by atoms with Crippen LogP contribution in [0.2, 0.25) is 0 Å². The van der Waals surface area contributed by atoms with Crippen molar-refractivity contribution in [3.05, 3.63) is 42.3 Å². The highest BCUT2D eigenvalue weighted by molar-refractivity contribution is 7.99. The van der Waals surface area contributed by atoms with E-state index < -0.39 is 0 Å². The summed E-state index contributed by atoms with van der Waals surface area (Å²) in [5, 5.41) is 0. The molecule has 1 aromatic carbocycles. The summed E-state index contributed by atoms with van der Waals surface area (Å²) in [7, 11) is 0. The van der Waals surface area contributed by atoms with E-state index >= 15 is 0 Å². The smallest absolute Gasteiger partial charge is 0.226 e. The zero-order valence-electron chi connectivity index (χ0n) is 11.7. The van der Waals surface area contributed by atoms with Gasteiger partial charge in [0.15, 0.2) is 5.96 Å². The highest BCUT2D eigenvalue weighted by Gasteiger charge is 2.12. The van der Waals surface area contributed by atoms with Gasteiger partial charge in [0.2, 0.25) is 5.89 Å². The number of rotatable bonds is 3. The Morgan fingerprint density at radius 2 is 2.05 bits per heavy atom. The number of aromatic nitrogens is 1. The second-order valence-corrected chi connectivity index (χ2v) is 6.01. The summed E-state index contributed by atoms with van der Waals surface area (Å²) in [6.07, 6.45) is 1.64. The molecule has 1 aromatic heterocycles. The van der Waals surface area contributed by atoms with Gasteiger partial charge in [0.25, 0.3) is 0 Å². The van der Waals surface area contributed by atoms with E-state index in [1.165, 1.54) is 0 Å². The molecule has 0 spiro atoms. The summed E-state index contributed by atoms with van der Waals surface area (Å²) in [5.74, 6) is 3.43. The molecule has 0 unspecified atom stereocenters. The summed E-state index contributed by atoms with van der Waals surface area (Å²) >= 11 is 1.95. The molecule has 110 valence electrons.